The predicted molar refractivity (Wildman–Crippen MR) is 60.9 cm³/mol. The lowest BCUT2D eigenvalue weighted by Crippen LogP contribution is -2.08. The zero-order chi connectivity index (χ0) is 13.2. The van der Waals surface area contributed by atoms with Crippen LogP contribution in [0.25, 0.3) is 0 Å². The molecule has 0 atom stereocenters. The van der Waals surface area contributed by atoms with Gasteiger partial charge in [-0.15, -0.1) is 10.2 Å². The Bertz CT molecular complexity index is 555. The molecule has 0 saturated heterocycles. The molecule has 0 unspecified atom stereocenters. The molecule has 8 heteroatoms. The molecule has 1 heterocycles. The fourth-order valence-corrected chi connectivity index (χ4v) is 2.75. The molecule has 94 valence electrons. The van der Waals surface area contributed by atoms with Gasteiger partial charge in [0.25, 0.3) is 0 Å². The summed E-state index contributed by atoms with van der Waals surface area (Å²) in [5.74, 6) is 0. The molecular formula is C10H5F3N2OS2. The van der Waals surface area contributed by atoms with Gasteiger partial charge in [-0.05, 0) is 18.2 Å². The van der Waals surface area contributed by atoms with E-state index < -0.39 is 11.7 Å². The third kappa shape index (κ3) is 2.88. The second-order valence-electron chi connectivity index (χ2n) is 3.17. The van der Waals surface area contributed by atoms with E-state index in [9.17, 15) is 18.0 Å². The van der Waals surface area contributed by atoms with Gasteiger partial charge in [-0.2, -0.15) is 13.2 Å². The summed E-state index contributed by atoms with van der Waals surface area (Å²) >= 11 is 2.30. The van der Waals surface area contributed by atoms with Gasteiger partial charge >= 0.3 is 6.18 Å². The highest BCUT2D eigenvalue weighted by atomic mass is 32.2. The van der Waals surface area contributed by atoms with Crippen molar-refractivity contribution in [2.45, 2.75) is 15.4 Å². The lowest BCUT2D eigenvalue weighted by molar-refractivity contribution is -0.138. The third-order valence-corrected chi connectivity index (χ3v) is 3.77. The molecule has 1 aromatic carbocycles. The van der Waals surface area contributed by atoms with E-state index in [1.54, 1.807) is 0 Å². The van der Waals surface area contributed by atoms with Crippen LogP contribution in [-0.4, -0.2) is 16.5 Å². The maximum Gasteiger partial charge on any atom is 0.417 e. The summed E-state index contributed by atoms with van der Waals surface area (Å²) < 4.78 is 38.6. The highest BCUT2D eigenvalue weighted by Crippen LogP contribution is 2.36. The van der Waals surface area contributed by atoms with E-state index in [1.165, 1.54) is 22.9 Å². The number of aldehydes is 1. The summed E-state index contributed by atoms with van der Waals surface area (Å²) in [5, 5.41) is 7.32. The van der Waals surface area contributed by atoms with E-state index >= 15 is 0 Å². The van der Waals surface area contributed by atoms with Crippen molar-refractivity contribution >= 4 is 29.4 Å². The van der Waals surface area contributed by atoms with Crippen molar-refractivity contribution in [2.24, 2.45) is 0 Å². The van der Waals surface area contributed by atoms with Crippen molar-refractivity contribution in [3.8, 4) is 0 Å². The van der Waals surface area contributed by atoms with Crippen LogP contribution in [0.4, 0.5) is 13.2 Å². The average Bonchev–Trinajstić information content (AvgIpc) is 2.80. The summed E-state index contributed by atoms with van der Waals surface area (Å²) in [6.07, 6.45) is -4.35. The van der Waals surface area contributed by atoms with Crippen LogP contribution in [0.1, 0.15) is 15.9 Å². The van der Waals surface area contributed by atoms with Crippen molar-refractivity contribution in [1.29, 1.82) is 0 Å². The van der Waals surface area contributed by atoms with Crippen LogP contribution < -0.4 is 0 Å². The summed E-state index contributed by atoms with van der Waals surface area (Å²) in [7, 11) is 0. The van der Waals surface area contributed by atoms with E-state index in [0.717, 1.165) is 23.9 Å². The number of hydrogen-bond acceptors (Lipinski definition) is 5. The topological polar surface area (TPSA) is 42.9 Å². The minimum absolute atomic E-state index is 0.197. The molecule has 0 saturated carbocycles. The van der Waals surface area contributed by atoms with Gasteiger partial charge in [0, 0.05) is 10.5 Å². The number of nitrogens with zero attached hydrogens (tertiary/aromatic N) is 2. The minimum Gasteiger partial charge on any atom is -0.298 e. The van der Waals surface area contributed by atoms with Crippen molar-refractivity contribution < 1.29 is 18.0 Å². The molecule has 2 rings (SSSR count). The smallest absolute Gasteiger partial charge is 0.298 e. The van der Waals surface area contributed by atoms with Gasteiger partial charge in [0.15, 0.2) is 10.6 Å². The van der Waals surface area contributed by atoms with Crippen molar-refractivity contribution in [3.05, 3.63) is 34.8 Å². The number of aromatic nitrogens is 2. The first kappa shape index (κ1) is 13.0. The Balaban J connectivity index is 2.37. The van der Waals surface area contributed by atoms with Crippen LogP contribution in [0.5, 0.6) is 0 Å². The first-order chi connectivity index (χ1) is 8.50. The van der Waals surface area contributed by atoms with Gasteiger partial charge in [0.2, 0.25) is 0 Å². The number of halogens is 3. The summed E-state index contributed by atoms with van der Waals surface area (Å²) in [6, 6.07) is 3.54. The number of benzene rings is 1. The van der Waals surface area contributed by atoms with Crippen molar-refractivity contribution in [3.63, 3.8) is 0 Å². The van der Waals surface area contributed by atoms with E-state index in [4.69, 9.17) is 0 Å². The first-order valence-corrected chi connectivity index (χ1v) is 6.31. The molecule has 0 N–H and O–H groups in total. The van der Waals surface area contributed by atoms with E-state index in [2.05, 4.69) is 10.2 Å². The van der Waals surface area contributed by atoms with Crippen LogP contribution >= 0.6 is 23.1 Å². The molecule has 0 aliphatic carbocycles. The van der Waals surface area contributed by atoms with Gasteiger partial charge in [-0.1, -0.05) is 23.1 Å². The largest absolute Gasteiger partial charge is 0.417 e. The Hall–Kier alpha value is -1.41. The Morgan fingerprint density at radius 2 is 2.11 bits per heavy atom. The first-order valence-electron chi connectivity index (χ1n) is 4.61. The van der Waals surface area contributed by atoms with Crippen LogP contribution in [-0.2, 0) is 6.18 Å². The minimum atomic E-state index is -4.55. The number of hydrogen-bond donors (Lipinski definition) is 0. The van der Waals surface area contributed by atoms with Crippen molar-refractivity contribution in [2.75, 3.05) is 0 Å². The molecular weight excluding hydrogens is 285 g/mol. The second-order valence-corrected chi connectivity index (χ2v) is 5.33. The molecule has 3 nitrogen and oxygen atoms in total. The van der Waals surface area contributed by atoms with Crippen molar-refractivity contribution in [1.82, 2.24) is 10.2 Å². The summed E-state index contributed by atoms with van der Waals surface area (Å²) in [6.45, 7) is 0. The number of alkyl halides is 3. The fourth-order valence-electron chi connectivity index (χ4n) is 1.26. The molecule has 2 aromatic rings. The number of carbonyl (C=O) groups excluding carboxylic acids is 1. The average molecular weight is 290 g/mol. The SMILES string of the molecule is O=Cc1ccc(Sc2nncs2)cc1C(F)(F)F. The monoisotopic (exact) mass is 290 g/mol. The Kier molecular flexibility index (Phi) is 3.67. The molecule has 0 aliphatic heterocycles. The summed E-state index contributed by atoms with van der Waals surface area (Å²) in [4.78, 5) is 10.9. The molecule has 0 spiro atoms. The van der Waals surface area contributed by atoms with Gasteiger partial charge in [-0.3, -0.25) is 4.79 Å². The zero-order valence-electron chi connectivity index (χ0n) is 8.64. The third-order valence-electron chi connectivity index (χ3n) is 2.00. The van der Waals surface area contributed by atoms with E-state index in [-0.39, 0.29) is 11.8 Å². The molecule has 1 aromatic heterocycles. The zero-order valence-corrected chi connectivity index (χ0v) is 10.3. The standard InChI is InChI=1S/C10H5F3N2OS2/c11-10(12,13)8-3-7(2-1-6(8)4-16)18-9-15-14-5-17-9/h1-5H. The van der Waals surface area contributed by atoms with Gasteiger partial charge < -0.3 is 0 Å². The number of carbonyl (C=O) groups is 1. The van der Waals surface area contributed by atoms with Crippen LogP contribution in [0.3, 0.4) is 0 Å². The molecule has 0 amide bonds. The summed E-state index contributed by atoms with van der Waals surface area (Å²) in [5.41, 5.74) is 0.184. The molecule has 18 heavy (non-hydrogen) atoms. The Morgan fingerprint density at radius 1 is 1.33 bits per heavy atom. The molecule has 0 bridgehead atoms. The molecule has 0 radical (unpaired) electrons. The highest BCUT2D eigenvalue weighted by Gasteiger charge is 2.33. The normalized spacial score (nSPS) is 11.5. The van der Waals surface area contributed by atoms with Crippen LogP contribution in [0.15, 0.2) is 32.9 Å². The highest BCUT2D eigenvalue weighted by molar-refractivity contribution is 8.01. The lowest BCUT2D eigenvalue weighted by Gasteiger charge is -2.10. The molecule has 0 aliphatic rings. The van der Waals surface area contributed by atoms with Gasteiger partial charge in [0.05, 0.1) is 5.56 Å². The van der Waals surface area contributed by atoms with Gasteiger partial charge in [-0.25, -0.2) is 0 Å². The Morgan fingerprint density at radius 3 is 2.67 bits per heavy atom. The lowest BCUT2D eigenvalue weighted by atomic mass is 10.1. The fraction of sp³-hybridized carbons (Fsp3) is 0.100. The van der Waals surface area contributed by atoms with E-state index in [0.29, 0.717) is 9.24 Å². The predicted octanol–water partition coefficient (Wildman–Crippen LogP) is 3.52. The number of rotatable bonds is 3. The quantitative estimate of drug-likeness (QED) is 0.811. The van der Waals surface area contributed by atoms with Crippen LogP contribution in [0, 0.1) is 0 Å². The van der Waals surface area contributed by atoms with Gasteiger partial charge in [0.1, 0.15) is 5.51 Å². The second kappa shape index (κ2) is 5.07. The van der Waals surface area contributed by atoms with E-state index in [1.807, 2.05) is 0 Å². The maximum atomic E-state index is 12.7. The maximum absolute atomic E-state index is 12.7. The Labute approximate surface area is 108 Å². The van der Waals surface area contributed by atoms with Crippen LogP contribution in [0.2, 0.25) is 0 Å². The molecule has 0 fully saturated rings.